The lowest BCUT2D eigenvalue weighted by molar-refractivity contribution is -0.110. The molecule has 0 aliphatic heterocycles. The van der Waals surface area contributed by atoms with Gasteiger partial charge in [-0.05, 0) is 69.8 Å². The lowest BCUT2D eigenvalue weighted by Crippen LogP contribution is -2.14. The van der Waals surface area contributed by atoms with Gasteiger partial charge in [-0.25, -0.2) is 0 Å². The minimum absolute atomic E-state index is 0.447. The molecular formula is C9H8I2N2O2. The molecule has 0 aliphatic rings. The Kier molecular flexibility index (Phi) is 4.77. The molecule has 0 aliphatic carbocycles. The van der Waals surface area contributed by atoms with Gasteiger partial charge in [0.25, 0.3) is 5.91 Å². The first-order valence-electron chi connectivity index (χ1n) is 3.98. The first-order chi connectivity index (χ1) is 7.04. The first kappa shape index (κ1) is 12.7. The fourth-order valence-corrected chi connectivity index (χ4v) is 2.26. The van der Waals surface area contributed by atoms with E-state index in [-0.39, 0.29) is 0 Å². The van der Waals surface area contributed by atoms with Crippen molar-refractivity contribution in [3.8, 4) is 0 Å². The van der Waals surface area contributed by atoms with E-state index in [1.54, 1.807) is 0 Å². The number of aryl methyl sites for hydroxylation is 1. The molecule has 15 heavy (non-hydrogen) atoms. The van der Waals surface area contributed by atoms with Crippen LogP contribution in [0, 0.1) is 14.1 Å². The van der Waals surface area contributed by atoms with Crippen molar-refractivity contribution in [1.82, 2.24) is 0 Å². The Bertz CT molecular complexity index is 419. The number of nitrogens with one attached hydrogen (secondary N) is 1. The lowest BCUT2D eigenvalue weighted by atomic mass is 10.2. The Hall–Kier alpha value is -0.380. The van der Waals surface area contributed by atoms with Gasteiger partial charge in [0, 0.05) is 7.14 Å². The van der Waals surface area contributed by atoms with Crippen LogP contribution < -0.4 is 5.32 Å². The quantitative estimate of drug-likeness (QED) is 0.328. The van der Waals surface area contributed by atoms with Gasteiger partial charge in [0.2, 0.25) is 0 Å². The number of hydrogen-bond acceptors (Lipinski definition) is 3. The maximum Gasteiger partial charge on any atom is 0.270 e. The smallest absolute Gasteiger partial charge is 0.270 e. The summed E-state index contributed by atoms with van der Waals surface area (Å²) in [6, 6.07) is 3.89. The second-order valence-corrected chi connectivity index (χ2v) is 5.14. The van der Waals surface area contributed by atoms with E-state index in [2.05, 4.69) is 55.7 Å². The Labute approximate surface area is 114 Å². The molecule has 0 radical (unpaired) electrons. The summed E-state index contributed by atoms with van der Waals surface area (Å²) in [4.78, 5) is 11.2. The van der Waals surface area contributed by atoms with E-state index in [4.69, 9.17) is 5.21 Å². The Morgan fingerprint density at radius 3 is 2.80 bits per heavy atom. The second kappa shape index (κ2) is 5.64. The molecule has 0 unspecified atom stereocenters. The van der Waals surface area contributed by atoms with Crippen LogP contribution >= 0.6 is 45.2 Å². The number of carbonyl (C=O) groups excluding carboxylic acids is 1. The Balaban J connectivity index is 2.99. The van der Waals surface area contributed by atoms with E-state index in [0.717, 1.165) is 24.6 Å². The van der Waals surface area contributed by atoms with Gasteiger partial charge in [-0.1, -0.05) is 5.16 Å². The van der Waals surface area contributed by atoms with E-state index in [1.165, 1.54) is 0 Å². The van der Waals surface area contributed by atoms with E-state index >= 15 is 0 Å². The van der Waals surface area contributed by atoms with Gasteiger partial charge in [-0.15, -0.1) is 0 Å². The molecular weight excluding hydrogens is 422 g/mol. The van der Waals surface area contributed by atoms with Gasteiger partial charge in [0.05, 0.1) is 5.69 Å². The minimum Gasteiger partial charge on any atom is -0.411 e. The normalized spacial score (nSPS) is 10.6. The summed E-state index contributed by atoms with van der Waals surface area (Å²) in [5.74, 6) is -0.447. The summed E-state index contributed by atoms with van der Waals surface area (Å²) in [7, 11) is 0. The highest BCUT2D eigenvalue weighted by molar-refractivity contribution is 14.1. The Morgan fingerprint density at radius 1 is 1.53 bits per heavy atom. The van der Waals surface area contributed by atoms with Crippen LogP contribution in [-0.4, -0.2) is 17.3 Å². The van der Waals surface area contributed by atoms with Crippen LogP contribution in [0.4, 0.5) is 5.69 Å². The van der Waals surface area contributed by atoms with Crippen molar-refractivity contribution in [1.29, 1.82) is 0 Å². The van der Waals surface area contributed by atoms with E-state index in [1.807, 2.05) is 19.1 Å². The van der Waals surface area contributed by atoms with Crippen LogP contribution in [0.15, 0.2) is 17.3 Å². The number of halogens is 2. The Morgan fingerprint density at radius 2 is 2.20 bits per heavy atom. The largest absolute Gasteiger partial charge is 0.411 e. The molecule has 0 heterocycles. The van der Waals surface area contributed by atoms with Crippen LogP contribution in [-0.2, 0) is 4.79 Å². The SMILES string of the molecule is Cc1cc(I)cc(NC(=O)/C=N\O)c1I. The van der Waals surface area contributed by atoms with Gasteiger partial charge in [-0.2, -0.15) is 0 Å². The maximum absolute atomic E-state index is 11.2. The van der Waals surface area contributed by atoms with Crippen molar-refractivity contribution in [3.05, 3.63) is 24.8 Å². The monoisotopic (exact) mass is 430 g/mol. The van der Waals surface area contributed by atoms with Gasteiger partial charge >= 0.3 is 0 Å². The summed E-state index contributed by atoms with van der Waals surface area (Å²) in [6.45, 7) is 1.97. The minimum atomic E-state index is -0.447. The molecule has 0 aromatic heterocycles. The lowest BCUT2D eigenvalue weighted by Gasteiger charge is -2.08. The van der Waals surface area contributed by atoms with Crippen molar-refractivity contribution in [2.45, 2.75) is 6.92 Å². The predicted molar refractivity (Wildman–Crippen MR) is 75.5 cm³/mol. The zero-order valence-electron chi connectivity index (χ0n) is 7.79. The number of oxime groups is 1. The first-order valence-corrected chi connectivity index (χ1v) is 6.14. The van der Waals surface area contributed by atoms with Crippen LogP contribution in [0.1, 0.15) is 5.56 Å². The fraction of sp³-hybridized carbons (Fsp3) is 0.111. The third-order valence-corrected chi connectivity index (χ3v) is 3.71. The summed E-state index contributed by atoms with van der Waals surface area (Å²) in [5, 5.41) is 13.5. The highest BCUT2D eigenvalue weighted by Crippen LogP contribution is 2.24. The maximum atomic E-state index is 11.2. The standard InChI is InChI=1S/C9H8I2N2O2/c1-5-2-6(10)3-7(9(5)11)13-8(14)4-12-15/h2-4,15H,1H3,(H,13,14)/b12-4-. The molecule has 1 aromatic carbocycles. The molecule has 80 valence electrons. The van der Waals surface area contributed by atoms with E-state index in [0.29, 0.717) is 0 Å². The average molecular weight is 430 g/mol. The molecule has 6 heteroatoms. The van der Waals surface area contributed by atoms with E-state index < -0.39 is 5.91 Å². The fourth-order valence-electron chi connectivity index (χ4n) is 1.03. The zero-order valence-corrected chi connectivity index (χ0v) is 12.1. The molecule has 1 amide bonds. The molecule has 0 bridgehead atoms. The number of rotatable bonds is 2. The van der Waals surface area contributed by atoms with Crippen molar-refractivity contribution in [2.24, 2.45) is 5.16 Å². The van der Waals surface area contributed by atoms with Crippen LogP contribution in [0.5, 0.6) is 0 Å². The van der Waals surface area contributed by atoms with Crippen molar-refractivity contribution >= 4 is 63.0 Å². The molecule has 2 N–H and O–H groups in total. The van der Waals surface area contributed by atoms with Crippen molar-refractivity contribution < 1.29 is 10.0 Å². The number of benzene rings is 1. The van der Waals surface area contributed by atoms with Crippen molar-refractivity contribution in [3.63, 3.8) is 0 Å². The second-order valence-electron chi connectivity index (χ2n) is 2.82. The third-order valence-electron chi connectivity index (χ3n) is 1.65. The van der Waals surface area contributed by atoms with Crippen molar-refractivity contribution in [2.75, 3.05) is 5.32 Å². The average Bonchev–Trinajstić information content (AvgIpc) is 2.13. The molecule has 0 atom stereocenters. The molecule has 0 spiro atoms. The zero-order chi connectivity index (χ0) is 11.4. The van der Waals surface area contributed by atoms with Gasteiger partial charge in [-0.3, -0.25) is 4.79 Å². The summed E-state index contributed by atoms with van der Waals surface area (Å²) >= 11 is 4.34. The molecule has 0 saturated heterocycles. The summed E-state index contributed by atoms with van der Waals surface area (Å²) in [5.41, 5.74) is 1.82. The number of anilines is 1. The number of amides is 1. The van der Waals surface area contributed by atoms with Gasteiger partial charge in [0.1, 0.15) is 6.21 Å². The molecule has 1 rings (SSSR count). The topological polar surface area (TPSA) is 61.7 Å². The number of hydrogen-bond donors (Lipinski definition) is 2. The molecule has 1 aromatic rings. The molecule has 0 saturated carbocycles. The molecule has 4 nitrogen and oxygen atoms in total. The number of carbonyl (C=O) groups is 1. The summed E-state index contributed by atoms with van der Waals surface area (Å²) in [6.07, 6.45) is 0.825. The predicted octanol–water partition coefficient (Wildman–Crippen LogP) is 2.60. The highest BCUT2D eigenvalue weighted by Gasteiger charge is 2.07. The van der Waals surface area contributed by atoms with E-state index in [9.17, 15) is 4.79 Å². The highest BCUT2D eigenvalue weighted by atomic mass is 127. The third kappa shape index (κ3) is 3.59. The van der Waals surface area contributed by atoms with Crippen LogP contribution in [0.25, 0.3) is 0 Å². The van der Waals surface area contributed by atoms with Gasteiger partial charge in [0.15, 0.2) is 0 Å². The summed E-state index contributed by atoms with van der Waals surface area (Å²) < 4.78 is 2.02. The molecule has 0 fully saturated rings. The van der Waals surface area contributed by atoms with Gasteiger partial charge < -0.3 is 10.5 Å². The van der Waals surface area contributed by atoms with Crippen LogP contribution in [0.2, 0.25) is 0 Å². The number of nitrogens with zero attached hydrogens (tertiary/aromatic N) is 1. The van der Waals surface area contributed by atoms with Crippen LogP contribution in [0.3, 0.4) is 0 Å².